The lowest BCUT2D eigenvalue weighted by atomic mass is 9.73. The summed E-state index contributed by atoms with van der Waals surface area (Å²) in [5.74, 6) is -1.06. The summed E-state index contributed by atoms with van der Waals surface area (Å²) in [6, 6.07) is 0. The molecule has 0 amide bonds. The predicted octanol–water partition coefficient (Wildman–Crippen LogP) is 8.30. The van der Waals surface area contributed by atoms with E-state index in [9.17, 15) is 14.7 Å². The zero-order chi connectivity index (χ0) is 31.3. The van der Waals surface area contributed by atoms with E-state index in [-0.39, 0.29) is 29.1 Å². The van der Waals surface area contributed by atoms with Gasteiger partial charge in [0.15, 0.2) is 8.32 Å². The van der Waals surface area contributed by atoms with Crippen LogP contribution in [0.4, 0.5) is 0 Å². The van der Waals surface area contributed by atoms with Gasteiger partial charge in [-0.2, -0.15) is 0 Å². The van der Waals surface area contributed by atoms with Crippen LogP contribution in [0.1, 0.15) is 105 Å². The van der Waals surface area contributed by atoms with Crippen molar-refractivity contribution in [1.82, 2.24) is 4.98 Å². The summed E-state index contributed by atoms with van der Waals surface area (Å²) in [4.78, 5) is 32.2. The number of carbonyl (C=O) groups excluding carboxylic acids is 2. The maximum Gasteiger partial charge on any atom is 0.309 e. The number of hydrogen-bond acceptors (Lipinski definition) is 7. The van der Waals surface area contributed by atoms with Gasteiger partial charge in [-0.25, -0.2) is 4.98 Å². The first-order valence-corrected chi connectivity index (χ1v) is 18.9. The standard InChI is InChI=1S/C33H55NO5SSi/c1-21-14-13-15-22(2)30(36)24(4)31(37)33(9,10)28(39-41(11,12)32(6,7)8)19-29(35)38-27(17-16-21)23(3)18-26-20-40-25(5)34-26/h16,18,20,22,24,27-28,30,36H,13-15,17,19H2,1-12H3/t22-,24-,27+,28+,30?/m1/s1. The molecule has 1 aromatic rings. The van der Waals surface area contributed by atoms with E-state index in [2.05, 4.69) is 51.8 Å². The third-order valence-electron chi connectivity index (χ3n) is 9.25. The summed E-state index contributed by atoms with van der Waals surface area (Å²) in [6.07, 6.45) is 5.44. The molecule has 0 spiro atoms. The van der Waals surface area contributed by atoms with Crippen LogP contribution in [-0.4, -0.2) is 48.5 Å². The first-order chi connectivity index (χ1) is 18.8. The number of ketones is 1. The van der Waals surface area contributed by atoms with Gasteiger partial charge in [0, 0.05) is 23.1 Å². The Kier molecular flexibility index (Phi) is 12.4. The van der Waals surface area contributed by atoms with Crippen LogP contribution in [0.2, 0.25) is 18.1 Å². The molecular weight excluding hydrogens is 551 g/mol. The molecule has 0 aromatic carbocycles. The fraction of sp³-hybridized carbons (Fsp3) is 0.727. The van der Waals surface area contributed by atoms with Gasteiger partial charge < -0.3 is 14.3 Å². The Labute approximate surface area is 254 Å². The number of esters is 1. The quantitative estimate of drug-likeness (QED) is 0.211. The molecule has 1 unspecified atom stereocenters. The molecule has 0 fully saturated rings. The molecule has 6 nitrogen and oxygen atoms in total. The molecule has 0 aliphatic carbocycles. The molecule has 1 N–H and O–H groups in total. The van der Waals surface area contributed by atoms with Crippen LogP contribution in [-0.2, 0) is 18.8 Å². The Morgan fingerprint density at radius 2 is 1.85 bits per heavy atom. The Morgan fingerprint density at radius 3 is 2.41 bits per heavy atom. The van der Waals surface area contributed by atoms with Crippen molar-refractivity contribution in [2.45, 2.75) is 138 Å². The van der Waals surface area contributed by atoms with Crippen molar-refractivity contribution in [3.8, 4) is 0 Å². The van der Waals surface area contributed by atoms with Gasteiger partial charge in [-0.1, -0.05) is 60.1 Å². The van der Waals surface area contributed by atoms with Crippen molar-refractivity contribution in [2.24, 2.45) is 17.3 Å². The van der Waals surface area contributed by atoms with Gasteiger partial charge in [-0.15, -0.1) is 11.3 Å². The molecule has 1 aromatic heterocycles. The van der Waals surface area contributed by atoms with Gasteiger partial charge >= 0.3 is 5.97 Å². The third kappa shape index (κ3) is 9.70. The van der Waals surface area contributed by atoms with E-state index in [1.807, 2.05) is 53.0 Å². The van der Waals surface area contributed by atoms with Crippen LogP contribution >= 0.6 is 11.3 Å². The molecule has 41 heavy (non-hydrogen) atoms. The van der Waals surface area contributed by atoms with Crippen molar-refractivity contribution in [3.63, 3.8) is 0 Å². The van der Waals surface area contributed by atoms with E-state index >= 15 is 0 Å². The van der Waals surface area contributed by atoms with Gasteiger partial charge in [-0.05, 0) is 75.7 Å². The molecule has 0 saturated heterocycles. The first kappa shape index (κ1) is 35.6. The number of rotatable bonds is 4. The highest BCUT2D eigenvalue weighted by molar-refractivity contribution is 7.09. The molecule has 0 saturated carbocycles. The fourth-order valence-corrected chi connectivity index (χ4v) is 7.12. The number of hydrogen-bond donors (Lipinski definition) is 1. The topological polar surface area (TPSA) is 85.7 Å². The highest BCUT2D eigenvalue weighted by Gasteiger charge is 2.48. The van der Waals surface area contributed by atoms with Crippen molar-refractivity contribution in [1.29, 1.82) is 0 Å². The van der Waals surface area contributed by atoms with Crippen LogP contribution in [0, 0.1) is 24.2 Å². The number of aryl methyl sites for hydroxylation is 1. The molecule has 232 valence electrons. The van der Waals surface area contributed by atoms with Crippen LogP contribution in [0.25, 0.3) is 6.08 Å². The number of carbonyl (C=O) groups is 2. The van der Waals surface area contributed by atoms with Gasteiger partial charge in [-0.3, -0.25) is 9.59 Å². The highest BCUT2D eigenvalue weighted by atomic mass is 32.1. The Hall–Kier alpha value is -1.61. The highest BCUT2D eigenvalue weighted by Crippen LogP contribution is 2.42. The number of ether oxygens (including phenoxy) is 1. The summed E-state index contributed by atoms with van der Waals surface area (Å²) in [7, 11) is -2.36. The largest absolute Gasteiger partial charge is 0.457 e. The van der Waals surface area contributed by atoms with Crippen LogP contribution < -0.4 is 0 Å². The monoisotopic (exact) mass is 605 g/mol. The van der Waals surface area contributed by atoms with Gasteiger partial charge in [0.05, 0.1) is 29.3 Å². The molecule has 0 radical (unpaired) electrons. The average molecular weight is 606 g/mol. The van der Waals surface area contributed by atoms with E-state index in [0.29, 0.717) is 6.42 Å². The van der Waals surface area contributed by atoms with Crippen LogP contribution in [0.3, 0.4) is 0 Å². The minimum atomic E-state index is -2.36. The SMILES string of the molecule is CC1=CC[C@@H](C(C)=Cc2csc(C)n2)OC(=O)C[C@H](O[Si](C)(C)C(C)(C)C)C(C)(C)C(=O)[C@H](C)C(O)[C@H](C)CCC1. The number of nitrogens with zero attached hydrogens (tertiary/aromatic N) is 1. The van der Waals surface area contributed by atoms with Gasteiger partial charge in [0.25, 0.3) is 0 Å². The van der Waals surface area contributed by atoms with E-state index in [0.717, 1.165) is 35.5 Å². The zero-order valence-corrected chi connectivity index (χ0v) is 29.4. The second-order valence-electron chi connectivity index (χ2n) is 14.3. The maximum atomic E-state index is 14.0. The first-order valence-electron chi connectivity index (χ1n) is 15.1. The van der Waals surface area contributed by atoms with E-state index in [1.54, 1.807) is 11.3 Å². The molecule has 5 atom stereocenters. The minimum absolute atomic E-state index is 0.0188. The lowest BCUT2D eigenvalue weighted by molar-refractivity contribution is -0.153. The normalized spacial score (nSPS) is 28.3. The molecule has 1 aliphatic rings. The molecule has 2 rings (SSSR count). The Morgan fingerprint density at radius 1 is 1.22 bits per heavy atom. The Bertz CT molecular complexity index is 1110. The number of cyclic esters (lactones) is 1. The summed E-state index contributed by atoms with van der Waals surface area (Å²) in [5.41, 5.74) is 2.01. The molecule has 8 heteroatoms. The second-order valence-corrected chi connectivity index (χ2v) is 20.1. The van der Waals surface area contributed by atoms with Crippen molar-refractivity contribution < 1.29 is 23.9 Å². The maximum absolute atomic E-state index is 14.0. The smallest absolute Gasteiger partial charge is 0.309 e. The van der Waals surface area contributed by atoms with Crippen LogP contribution in [0.5, 0.6) is 0 Å². The fourth-order valence-electron chi connectivity index (χ4n) is 5.11. The Balaban J connectivity index is 2.53. The second kappa shape index (κ2) is 14.2. The summed E-state index contributed by atoms with van der Waals surface area (Å²) in [5, 5.41) is 14.1. The molecule has 2 heterocycles. The predicted molar refractivity (Wildman–Crippen MR) is 172 cm³/mol. The number of thiazole rings is 1. The van der Waals surface area contributed by atoms with Gasteiger partial charge in [0.1, 0.15) is 11.9 Å². The lowest BCUT2D eigenvalue weighted by Crippen LogP contribution is -2.52. The number of Topliss-reactive ketones (excluding diaryl/α,β-unsaturated/α-hetero) is 1. The van der Waals surface area contributed by atoms with Crippen LogP contribution in [0.15, 0.2) is 22.6 Å². The molecular formula is C33H55NO5SSi. The molecule has 0 bridgehead atoms. The number of aliphatic hydroxyl groups excluding tert-OH is 1. The minimum Gasteiger partial charge on any atom is -0.457 e. The van der Waals surface area contributed by atoms with E-state index in [4.69, 9.17) is 9.16 Å². The zero-order valence-electron chi connectivity index (χ0n) is 27.6. The van der Waals surface area contributed by atoms with Gasteiger partial charge in [0.2, 0.25) is 0 Å². The summed E-state index contributed by atoms with van der Waals surface area (Å²) in [6.45, 7) is 24.3. The van der Waals surface area contributed by atoms with E-state index in [1.165, 1.54) is 5.57 Å². The third-order valence-corrected chi connectivity index (χ3v) is 14.5. The number of aliphatic hydroxyl groups is 1. The van der Waals surface area contributed by atoms with Crippen molar-refractivity contribution in [2.75, 3.05) is 0 Å². The summed E-state index contributed by atoms with van der Waals surface area (Å²) < 4.78 is 13.0. The lowest BCUT2D eigenvalue weighted by Gasteiger charge is -2.44. The average Bonchev–Trinajstić information content (AvgIpc) is 3.27. The van der Waals surface area contributed by atoms with E-state index < -0.39 is 38.0 Å². The van der Waals surface area contributed by atoms with Crippen molar-refractivity contribution in [3.05, 3.63) is 33.3 Å². The molecule has 1 aliphatic heterocycles. The van der Waals surface area contributed by atoms with Crippen molar-refractivity contribution >= 4 is 37.5 Å². The number of allylic oxidation sites excluding steroid dienone is 1. The summed E-state index contributed by atoms with van der Waals surface area (Å²) >= 11 is 1.59. The number of aromatic nitrogens is 1.